The van der Waals surface area contributed by atoms with E-state index >= 15 is 0 Å². The summed E-state index contributed by atoms with van der Waals surface area (Å²) in [6.07, 6.45) is 0.694. The van der Waals surface area contributed by atoms with Crippen LogP contribution in [0.3, 0.4) is 0 Å². The quantitative estimate of drug-likeness (QED) is 0.370. The van der Waals surface area contributed by atoms with Crippen molar-refractivity contribution in [3.05, 3.63) is 0 Å². The molecule has 6 unspecified atom stereocenters. The van der Waals surface area contributed by atoms with Crippen molar-refractivity contribution in [2.45, 2.75) is 83.3 Å². The van der Waals surface area contributed by atoms with Crippen molar-refractivity contribution in [3.8, 4) is 0 Å². The lowest BCUT2D eigenvalue weighted by Crippen LogP contribution is -2.54. The van der Waals surface area contributed by atoms with Gasteiger partial charge in [-0.1, -0.05) is 6.92 Å². The van der Waals surface area contributed by atoms with Gasteiger partial charge >= 0.3 is 0 Å². The lowest BCUT2D eigenvalue weighted by Gasteiger charge is -2.37. The van der Waals surface area contributed by atoms with Crippen molar-refractivity contribution in [2.24, 2.45) is 5.92 Å². The monoisotopic (exact) mass is 527 g/mol. The van der Waals surface area contributed by atoms with Gasteiger partial charge in [-0.15, -0.1) is 0 Å². The van der Waals surface area contributed by atoms with Gasteiger partial charge in [-0.25, -0.2) is 0 Å². The zero-order valence-electron chi connectivity index (χ0n) is 24.6. The molecule has 11 heteroatoms. The van der Waals surface area contributed by atoms with Crippen LogP contribution in [0.4, 0.5) is 0 Å². The van der Waals surface area contributed by atoms with Crippen LogP contribution in [-0.4, -0.2) is 136 Å². The van der Waals surface area contributed by atoms with Crippen molar-refractivity contribution in [3.63, 3.8) is 0 Å². The Hall–Kier alpha value is -2.24. The summed E-state index contributed by atoms with van der Waals surface area (Å²) in [7, 11) is 11.8. The summed E-state index contributed by atoms with van der Waals surface area (Å²) in [5, 5.41) is 2.76. The van der Waals surface area contributed by atoms with Crippen LogP contribution in [0.5, 0.6) is 0 Å². The van der Waals surface area contributed by atoms with Crippen molar-refractivity contribution in [1.82, 2.24) is 24.9 Å². The molecule has 1 fully saturated rings. The standard InChI is InChI=1S/C26H49N5O6/c1-16(25(34)29(7)8)23(37-11)20-13-12-14-31(20)22(32)15-21(36-10)18(3)30(9)26(35)17(2)27-24(33)19(4)28(5)6/h16-21,23H,12-15H2,1-11H3,(H,27,33)/t16?,17?,18?,19?,20-,21?,23?/m0/s1. The second-order valence-corrected chi connectivity index (χ2v) is 10.6. The minimum Gasteiger partial charge on any atom is -0.379 e. The summed E-state index contributed by atoms with van der Waals surface area (Å²) in [5.74, 6) is -1.05. The summed E-state index contributed by atoms with van der Waals surface area (Å²) >= 11 is 0. The topological polar surface area (TPSA) is 112 Å². The Balaban J connectivity index is 2.90. The molecule has 1 aliphatic rings. The Kier molecular flexibility index (Phi) is 13.0. The summed E-state index contributed by atoms with van der Waals surface area (Å²) in [5.41, 5.74) is 0. The number of carbonyl (C=O) groups is 4. The van der Waals surface area contributed by atoms with Crippen molar-refractivity contribution < 1.29 is 28.7 Å². The highest BCUT2D eigenvalue weighted by atomic mass is 16.5. The summed E-state index contributed by atoms with van der Waals surface area (Å²) in [6, 6.07) is -1.72. The average Bonchev–Trinajstić information content (AvgIpc) is 3.34. The molecule has 7 atom stereocenters. The Labute approximate surface area is 222 Å². The second kappa shape index (κ2) is 14.6. The molecule has 4 amide bonds. The van der Waals surface area contributed by atoms with Gasteiger partial charge in [-0.3, -0.25) is 24.1 Å². The molecule has 0 radical (unpaired) electrons. The molecule has 0 aliphatic carbocycles. The molecule has 214 valence electrons. The average molecular weight is 528 g/mol. The summed E-state index contributed by atoms with van der Waals surface area (Å²) in [4.78, 5) is 58.0. The minimum absolute atomic E-state index is 0.0455. The first-order valence-electron chi connectivity index (χ1n) is 13.0. The van der Waals surface area contributed by atoms with Gasteiger partial charge in [0.2, 0.25) is 23.6 Å². The third-order valence-electron chi connectivity index (χ3n) is 7.65. The van der Waals surface area contributed by atoms with Crippen LogP contribution >= 0.6 is 0 Å². The fourth-order valence-corrected chi connectivity index (χ4v) is 4.81. The van der Waals surface area contributed by atoms with E-state index in [1.54, 1.807) is 66.0 Å². The number of amides is 4. The van der Waals surface area contributed by atoms with Gasteiger partial charge in [-0.2, -0.15) is 0 Å². The van der Waals surface area contributed by atoms with Crippen molar-refractivity contribution in [2.75, 3.05) is 56.0 Å². The maximum Gasteiger partial charge on any atom is 0.244 e. The highest BCUT2D eigenvalue weighted by Gasteiger charge is 2.41. The Bertz CT molecular complexity index is 791. The van der Waals surface area contributed by atoms with Crippen LogP contribution in [0.15, 0.2) is 0 Å². The highest BCUT2D eigenvalue weighted by Crippen LogP contribution is 2.28. The van der Waals surface area contributed by atoms with E-state index in [1.165, 1.54) is 16.9 Å². The molecule has 0 spiro atoms. The minimum atomic E-state index is -0.725. The van der Waals surface area contributed by atoms with E-state index in [0.717, 1.165) is 12.8 Å². The second-order valence-electron chi connectivity index (χ2n) is 10.6. The molecule has 37 heavy (non-hydrogen) atoms. The third-order valence-corrected chi connectivity index (χ3v) is 7.65. The number of hydrogen-bond donors (Lipinski definition) is 1. The fraction of sp³-hybridized carbons (Fsp3) is 0.846. The Morgan fingerprint density at radius 2 is 1.54 bits per heavy atom. The highest BCUT2D eigenvalue weighted by molar-refractivity contribution is 5.89. The largest absolute Gasteiger partial charge is 0.379 e. The first-order chi connectivity index (χ1) is 17.2. The number of hydrogen-bond acceptors (Lipinski definition) is 7. The molecule has 0 aromatic carbocycles. The van der Waals surface area contributed by atoms with Gasteiger partial charge in [0.15, 0.2) is 0 Å². The van der Waals surface area contributed by atoms with Gasteiger partial charge in [0.05, 0.1) is 42.7 Å². The van der Waals surface area contributed by atoms with Crippen LogP contribution in [0.1, 0.15) is 47.0 Å². The van der Waals surface area contributed by atoms with Gasteiger partial charge in [0.25, 0.3) is 0 Å². The molecular formula is C26H49N5O6. The molecule has 0 aromatic rings. The van der Waals surface area contributed by atoms with E-state index in [0.29, 0.717) is 6.54 Å². The van der Waals surface area contributed by atoms with E-state index in [-0.39, 0.29) is 42.1 Å². The molecule has 1 heterocycles. The Morgan fingerprint density at radius 3 is 2.03 bits per heavy atom. The van der Waals surface area contributed by atoms with Crippen LogP contribution in [0.2, 0.25) is 0 Å². The number of nitrogens with zero attached hydrogens (tertiary/aromatic N) is 4. The molecule has 1 aliphatic heterocycles. The maximum absolute atomic E-state index is 13.4. The summed E-state index contributed by atoms with van der Waals surface area (Å²) < 4.78 is 11.4. The molecule has 11 nitrogen and oxygen atoms in total. The third kappa shape index (κ3) is 8.38. The summed E-state index contributed by atoms with van der Waals surface area (Å²) in [6.45, 7) is 7.65. The van der Waals surface area contributed by atoms with Crippen LogP contribution in [-0.2, 0) is 28.7 Å². The first-order valence-corrected chi connectivity index (χ1v) is 13.0. The fourth-order valence-electron chi connectivity index (χ4n) is 4.81. The Morgan fingerprint density at radius 1 is 0.946 bits per heavy atom. The smallest absolute Gasteiger partial charge is 0.244 e. The SMILES string of the molecule is COC(CC(=O)N1CCC[C@H]1C(OC)C(C)C(=O)N(C)C)C(C)N(C)C(=O)C(C)NC(=O)C(C)N(C)C. The van der Waals surface area contributed by atoms with Gasteiger partial charge in [0.1, 0.15) is 6.04 Å². The molecular weight excluding hydrogens is 478 g/mol. The molecule has 1 saturated heterocycles. The van der Waals surface area contributed by atoms with E-state index in [1.807, 2.05) is 13.8 Å². The molecule has 0 bridgehead atoms. The van der Waals surface area contributed by atoms with Crippen LogP contribution in [0, 0.1) is 5.92 Å². The molecule has 0 saturated carbocycles. The zero-order valence-corrected chi connectivity index (χ0v) is 24.6. The first kappa shape index (κ1) is 32.8. The van der Waals surface area contributed by atoms with Crippen LogP contribution < -0.4 is 5.32 Å². The normalized spacial score (nSPS) is 20.5. The number of ether oxygens (including phenoxy) is 2. The van der Waals surface area contributed by atoms with Gasteiger partial charge in [0, 0.05) is 41.9 Å². The van der Waals surface area contributed by atoms with E-state index in [9.17, 15) is 19.2 Å². The van der Waals surface area contributed by atoms with Crippen molar-refractivity contribution >= 4 is 23.6 Å². The lowest BCUT2D eigenvalue weighted by atomic mass is 9.94. The van der Waals surface area contributed by atoms with E-state index in [4.69, 9.17) is 9.47 Å². The number of carbonyl (C=O) groups excluding carboxylic acids is 4. The number of likely N-dealkylation sites (N-methyl/N-ethyl adjacent to an activating group) is 2. The van der Waals surface area contributed by atoms with Crippen molar-refractivity contribution in [1.29, 1.82) is 0 Å². The maximum atomic E-state index is 13.4. The van der Waals surface area contributed by atoms with Gasteiger partial charge in [-0.05, 0) is 47.7 Å². The molecule has 1 rings (SSSR count). The zero-order chi connectivity index (χ0) is 28.6. The predicted octanol–water partition coefficient (Wildman–Crippen LogP) is 0.424. The number of rotatable bonds is 13. The lowest BCUT2D eigenvalue weighted by molar-refractivity contribution is -0.146. The molecule has 0 aromatic heterocycles. The van der Waals surface area contributed by atoms with Crippen LogP contribution in [0.25, 0.3) is 0 Å². The van der Waals surface area contributed by atoms with E-state index < -0.39 is 30.2 Å². The number of likely N-dealkylation sites (tertiary alicyclic amines) is 1. The predicted molar refractivity (Wildman–Crippen MR) is 142 cm³/mol. The van der Waals surface area contributed by atoms with Gasteiger partial charge < -0.3 is 29.5 Å². The van der Waals surface area contributed by atoms with E-state index in [2.05, 4.69) is 5.32 Å². The molecule has 1 N–H and O–H groups in total. The number of methoxy groups -OCH3 is 2. The number of nitrogens with one attached hydrogen (secondary N) is 1.